The zero-order valence-corrected chi connectivity index (χ0v) is 19.9. The number of carbonyl (C=O) groups is 1. The van der Waals surface area contributed by atoms with Crippen LogP contribution in [0.3, 0.4) is 0 Å². The fourth-order valence-corrected chi connectivity index (χ4v) is 2.95. The maximum Gasteiger partial charge on any atom is 0.251 e. The first-order valence-electron chi connectivity index (χ1n) is 9.82. The van der Waals surface area contributed by atoms with Gasteiger partial charge in [-0.3, -0.25) is 9.79 Å². The van der Waals surface area contributed by atoms with Gasteiger partial charge in [0.2, 0.25) is 0 Å². The molecule has 0 unspecified atom stereocenters. The molecule has 2 rings (SSSR count). The van der Waals surface area contributed by atoms with Gasteiger partial charge in [-0.1, -0.05) is 36.7 Å². The zero-order valence-electron chi connectivity index (χ0n) is 17.6. The molecule has 2 aromatic rings. The van der Waals surface area contributed by atoms with E-state index in [1.807, 2.05) is 37.3 Å². The summed E-state index contributed by atoms with van der Waals surface area (Å²) in [6.07, 6.45) is 2.10. The van der Waals surface area contributed by atoms with Crippen molar-refractivity contribution < 1.29 is 9.32 Å². The summed E-state index contributed by atoms with van der Waals surface area (Å²) in [5.74, 6) is 1.78. The minimum Gasteiger partial charge on any atom is -0.359 e. The molecular weight excluding hydrogens is 481 g/mol. The van der Waals surface area contributed by atoms with E-state index in [1.54, 1.807) is 7.05 Å². The minimum atomic E-state index is -0.0796. The van der Waals surface area contributed by atoms with Gasteiger partial charge in [0, 0.05) is 37.7 Å². The second-order valence-electron chi connectivity index (χ2n) is 6.71. The lowest BCUT2D eigenvalue weighted by molar-refractivity contribution is 0.0954. The van der Waals surface area contributed by atoms with Crippen molar-refractivity contribution in [2.24, 2.45) is 4.99 Å². The van der Waals surface area contributed by atoms with Crippen LogP contribution in [0.4, 0.5) is 0 Å². The molecule has 160 valence electrons. The number of guanidine groups is 1. The Bertz CT molecular complexity index is 787. The van der Waals surface area contributed by atoms with Gasteiger partial charge in [-0.25, -0.2) is 0 Å². The highest BCUT2D eigenvalue weighted by atomic mass is 127. The van der Waals surface area contributed by atoms with E-state index >= 15 is 0 Å². The van der Waals surface area contributed by atoms with E-state index in [1.165, 1.54) is 0 Å². The van der Waals surface area contributed by atoms with E-state index in [0.717, 1.165) is 29.9 Å². The largest absolute Gasteiger partial charge is 0.359 e. The van der Waals surface area contributed by atoms with Crippen molar-refractivity contribution in [2.75, 3.05) is 20.1 Å². The fraction of sp³-hybridized carbons (Fsp3) is 0.476. The molecule has 0 aliphatic carbocycles. The molecule has 1 aromatic carbocycles. The Balaban J connectivity index is 0.00000420. The number of nitrogens with zero attached hydrogens (tertiary/aromatic N) is 2. The molecule has 0 spiro atoms. The molecule has 0 saturated heterocycles. The molecule has 0 radical (unpaired) electrons. The normalized spacial score (nSPS) is 11.1. The number of aliphatic imine (C=N–C) groups is 1. The molecule has 7 nitrogen and oxygen atoms in total. The highest BCUT2D eigenvalue weighted by Crippen LogP contribution is 2.22. The van der Waals surface area contributed by atoms with Crippen molar-refractivity contribution >= 4 is 35.8 Å². The van der Waals surface area contributed by atoms with Crippen LogP contribution >= 0.6 is 24.0 Å². The smallest absolute Gasteiger partial charge is 0.251 e. The van der Waals surface area contributed by atoms with Gasteiger partial charge >= 0.3 is 0 Å². The highest BCUT2D eigenvalue weighted by molar-refractivity contribution is 14.0. The number of nitrogens with one attached hydrogen (secondary N) is 3. The van der Waals surface area contributed by atoms with Crippen molar-refractivity contribution in [2.45, 2.75) is 46.1 Å². The minimum absolute atomic E-state index is 0. The van der Waals surface area contributed by atoms with Crippen LogP contribution in [0.2, 0.25) is 0 Å². The first-order valence-corrected chi connectivity index (χ1v) is 9.82. The second-order valence-corrected chi connectivity index (χ2v) is 6.71. The Labute approximate surface area is 190 Å². The number of hydrogen-bond acceptors (Lipinski definition) is 4. The molecular formula is C21H32IN5O2. The lowest BCUT2D eigenvalue weighted by Gasteiger charge is -2.11. The molecule has 0 aliphatic heterocycles. The highest BCUT2D eigenvalue weighted by Gasteiger charge is 2.13. The van der Waals surface area contributed by atoms with Crippen LogP contribution in [0, 0.1) is 6.92 Å². The number of halogens is 1. The zero-order chi connectivity index (χ0) is 20.4. The average molecular weight is 513 g/mol. The summed E-state index contributed by atoms with van der Waals surface area (Å²) in [7, 11) is 1.71. The van der Waals surface area contributed by atoms with E-state index in [-0.39, 0.29) is 29.9 Å². The molecule has 1 aromatic heterocycles. The van der Waals surface area contributed by atoms with Gasteiger partial charge in [-0.15, -0.1) is 24.0 Å². The van der Waals surface area contributed by atoms with Crippen LogP contribution in [-0.2, 0) is 6.54 Å². The van der Waals surface area contributed by atoms with Crippen LogP contribution in [0.5, 0.6) is 0 Å². The van der Waals surface area contributed by atoms with E-state index in [2.05, 4.69) is 39.9 Å². The molecule has 1 amide bonds. The molecule has 0 bridgehead atoms. The fourth-order valence-electron chi connectivity index (χ4n) is 2.95. The van der Waals surface area contributed by atoms with Crippen molar-refractivity contribution in [1.29, 1.82) is 0 Å². The number of aromatic nitrogens is 1. The summed E-state index contributed by atoms with van der Waals surface area (Å²) in [6, 6.07) is 9.53. The number of carbonyl (C=O) groups excluding carboxylic acids is 1. The lowest BCUT2D eigenvalue weighted by Crippen LogP contribution is -2.41. The van der Waals surface area contributed by atoms with Gasteiger partial charge in [0.25, 0.3) is 5.91 Å². The summed E-state index contributed by atoms with van der Waals surface area (Å²) < 4.78 is 5.41. The maximum absolute atomic E-state index is 12.1. The predicted octanol–water partition coefficient (Wildman–Crippen LogP) is 3.60. The molecule has 29 heavy (non-hydrogen) atoms. The molecule has 1 heterocycles. The average Bonchev–Trinajstić information content (AvgIpc) is 3.17. The van der Waals surface area contributed by atoms with E-state index in [0.29, 0.717) is 37.1 Å². The number of rotatable bonds is 9. The van der Waals surface area contributed by atoms with Crippen LogP contribution < -0.4 is 16.0 Å². The third-order valence-corrected chi connectivity index (χ3v) is 4.62. The molecule has 0 fully saturated rings. The number of aryl methyl sites for hydroxylation is 1. The summed E-state index contributed by atoms with van der Waals surface area (Å²) in [5, 5.41) is 13.4. The summed E-state index contributed by atoms with van der Waals surface area (Å²) >= 11 is 0. The van der Waals surface area contributed by atoms with Crippen LogP contribution in [0.25, 0.3) is 0 Å². The monoisotopic (exact) mass is 513 g/mol. The number of amides is 1. The Morgan fingerprint density at radius 2 is 1.86 bits per heavy atom. The first-order chi connectivity index (χ1) is 13.6. The van der Waals surface area contributed by atoms with Crippen molar-refractivity contribution in [1.82, 2.24) is 21.1 Å². The first kappa shape index (κ1) is 24.9. The summed E-state index contributed by atoms with van der Waals surface area (Å²) in [4.78, 5) is 16.3. The van der Waals surface area contributed by atoms with E-state index in [4.69, 9.17) is 4.52 Å². The Kier molecular flexibility index (Phi) is 11.3. The molecule has 0 atom stereocenters. The molecule has 0 saturated carbocycles. The van der Waals surface area contributed by atoms with Crippen LogP contribution in [0.15, 0.2) is 39.8 Å². The topological polar surface area (TPSA) is 91.6 Å². The third-order valence-electron chi connectivity index (χ3n) is 4.62. The standard InChI is InChI=1S/C21H31N5O2.HI/c1-5-16(6-2)19-13-18(28-26-19)14-25-21(22-4)24-11-10-23-20(27)17-9-7-8-15(3)12-17;/h7-9,12-13,16H,5-6,10-11,14H2,1-4H3,(H,23,27)(H2,22,24,25);1H. The second kappa shape index (κ2) is 13.2. The number of benzene rings is 1. The van der Waals surface area contributed by atoms with Gasteiger partial charge in [0.05, 0.1) is 12.2 Å². The van der Waals surface area contributed by atoms with E-state index < -0.39 is 0 Å². The van der Waals surface area contributed by atoms with Gasteiger partial charge < -0.3 is 20.5 Å². The van der Waals surface area contributed by atoms with Crippen LogP contribution in [-0.4, -0.2) is 37.2 Å². The van der Waals surface area contributed by atoms with E-state index in [9.17, 15) is 4.79 Å². The lowest BCUT2D eigenvalue weighted by atomic mass is 9.99. The Hall–Kier alpha value is -2.10. The predicted molar refractivity (Wildman–Crippen MR) is 127 cm³/mol. The van der Waals surface area contributed by atoms with Gasteiger partial charge in [0.15, 0.2) is 11.7 Å². The van der Waals surface area contributed by atoms with Gasteiger partial charge in [0.1, 0.15) is 0 Å². The third kappa shape index (κ3) is 8.04. The Morgan fingerprint density at radius 1 is 1.14 bits per heavy atom. The molecule has 0 aliphatic rings. The quantitative estimate of drug-likeness (QED) is 0.206. The molecule has 3 N–H and O–H groups in total. The van der Waals surface area contributed by atoms with Gasteiger partial charge in [-0.05, 0) is 31.9 Å². The summed E-state index contributed by atoms with van der Waals surface area (Å²) in [5.41, 5.74) is 2.74. The SMILES string of the molecule is CCC(CC)c1cc(CNC(=NC)NCCNC(=O)c2cccc(C)c2)on1.I. The molecule has 8 heteroatoms. The van der Waals surface area contributed by atoms with Gasteiger partial charge in [-0.2, -0.15) is 0 Å². The van der Waals surface area contributed by atoms with Crippen molar-refractivity contribution in [3.63, 3.8) is 0 Å². The van der Waals surface area contributed by atoms with Crippen LogP contribution in [0.1, 0.15) is 60.0 Å². The number of hydrogen-bond donors (Lipinski definition) is 3. The van der Waals surface area contributed by atoms with Crippen molar-refractivity contribution in [3.05, 3.63) is 52.9 Å². The van der Waals surface area contributed by atoms with Crippen molar-refractivity contribution in [3.8, 4) is 0 Å². The Morgan fingerprint density at radius 3 is 2.52 bits per heavy atom. The summed E-state index contributed by atoms with van der Waals surface area (Å²) in [6.45, 7) is 7.84. The maximum atomic E-state index is 12.1.